The average molecular weight is 313 g/mol. The molecule has 1 fully saturated rings. The summed E-state index contributed by atoms with van der Waals surface area (Å²) in [6.07, 6.45) is 2.49. The van der Waals surface area contributed by atoms with Gasteiger partial charge in [-0.25, -0.2) is 12.8 Å². The standard InChI is InChI=1S/C16H24FNO2S/c1-4-11-18-15-14(9-10-16(15,2)3)21(19,20)13-7-5-12(17)6-8-13/h5-8,14-15,18H,4,9-11H2,1-3H3. The SMILES string of the molecule is CCCNC1C(S(=O)(=O)c2ccc(F)cc2)CCC1(C)C. The summed E-state index contributed by atoms with van der Waals surface area (Å²) in [5.74, 6) is -0.415. The van der Waals surface area contributed by atoms with Crippen LogP contribution in [0.15, 0.2) is 29.2 Å². The van der Waals surface area contributed by atoms with Gasteiger partial charge in [-0.05, 0) is 55.5 Å². The van der Waals surface area contributed by atoms with Crippen LogP contribution in [0, 0.1) is 11.2 Å². The lowest BCUT2D eigenvalue weighted by molar-refractivity contribution is 0.285. The van der Waals surface area contributed by atoms with Crippen molar-refractivity contribution in [2.24, 2.45) is 5.41 Å². The van der Waals surface area contributed by atoms with E-state index in [9.17, 15) is 12.8 Å². The van der Waals surface area contributed by atoms with Crippen molar-refractivity contribution >= 4 is 9.84 Å². The van der Waals surface area contributed by atoms with Gasteiger partial charge in [0.25, 0.3) is 0 Å². The molecule has 0 amide bonds. The Morgan fingerprint density at radius 2 is 1.90 bits per heavy atom. The molecule has 1 N–H and O–H groups in total. The van der Waals surface area contributed by atoms with Gasteiger partial charge in [-0.1, -0.05) is 20.8 Å². The van der Waals surface area contributed by atoms with E-state index in [1.54, 1.807) is 0 Å². The maximum Gasteiger partial charge on any atom is 0.182 e. The first-order valence-electron chi connectivity index (χ1n) is 7.52. The molecule has 1 aromatic rings. The second kappa shape index (κ2) is 6.05. The molecular weight excluding hydrogens is 289 g/mol. The summed E-state index contributed by atoms with van der Waals surface area (Å²) in [7, 11) is -3.44. The number of rotatable bonds is 5. The Morgan fingerprint density at radius 3 is 2.48 bits per heavy atom. The Hall–Kier alpha value is -0.940. The van der Waals surface area contributed by atoms with Crippen molar-refractivity contribution in [3.8, 4) is 0 Å². The zero-order valence-corrected chi connectivity index (χ0v) is 13.7. The van der Waals surface area contributed by atoms with Gasteiger partial charge in [-0.3, -0.25) is 0 Å². The number of sulfone groups is 1. The van der Waals surface area contributed by atoms with Gasteiger partial charge in [0.05, 0.1) is 10.1 Å². The minimum atomic E-state index is -3.44. The summed E-state index contributed by atoms with van der Waals surface area (Å²) in [6, 6.07) is 5.09. The minimum absolute atomic E-state index is 0.0487. The lowest BCUT2D eigenvalue weighted by atomic mass is 9.87. The van der Waals surface area contributed by atoms with Crippen LogP contribution in [0.4, 0.5) is 4.39 Å². The van der Waals surface area contributed by atoms with Crippen molar-refractivity contribution < 1.29 is 12.8 Å². The van der Waals surface area contributed by atoms with Gasteiger partial charge in [0, 0.05) is 6.04 Å². The minimum Gasteiger partial charge on any atom is -0.312 e. The molecule has 1 aromatic carbocycles. The molecule has 2 atom stereocenters. The molecule has 21 heavy (non-hydrogen) atoms. The Kier molecular flexibility index (Phi) is 4.73. The number of halogens is 1. The zero-order chi connectivity index (χ0) is 15.7. The third-order valence-corrected chi connectivity index (χ3v) is 6.68. The third kappa shape index (κ3) is 3.29. The molecule has 2 rings (SSSR count). The van der Waals surface area contributed by atoms with Gasteiger partial charge in [0.2, 0.25) is 0 Å². The zero-order valence-electron chi connectivity index (χ0n) is 12.9. The highest BCUT2D eigenvalue weighted by molar-refractivity contribution is 7.92. The van der Waals surface area contributed by atoms with Crippen LogP contribution >= 0.6 is 0 Å². The maximum atomic E-state index is 13.0. The predicted octanol–water partition coefficient (Wildman–Crippen LogP) is 3.16. The van der Waals surface area contributed by atoms with E-state index in [0.29, 0.717) is 6.42 Å². The molecule has 1 saturated carbocycles. The molecule has 0 radical (unpaired) electrons. The molecular formula is C16H24FNO2S. The predicted molar refractivity (Wildman–Crippen MR) is 82.5 cm³/mol. The molecule has 0 bridgehead atoms. The van der Waals surface area contributed by atoms with Crippen molar-refractivity contribution in [2.75, 3.05) is 6.54 Å². The molecule has 0 heterocycles. The van der Waals surface area contributed by atoms with Gasteiger partial charge >= 0.3 is 0 Å². The number of benzene rings is 1. The maximum absolute atomic E-state index is 13.0. The van der Waals surface area contributed by atoms with Crippen LogP contribution < -0.4 is 5.32 Å². The van der Waals surface area contributed by atoms with Crippen LogP contribution in [-0.2, 0) is 9.84 Å². The van der Waals surface area contributed by atoms with Gasteiger partial charge in [0.1, 0.15) is 5.82 Å². The molecule has 1 aliphatic carbocycles. The molecule has 2 unspecified atom stereocenters. The lowest BCUT2D eigenvalue weighted by Gasteiger charge is -2.31. The fourth-order valence-electron chi connectivity index (χ4n) is 3.18. The largest absolute Gasteiger partial charge is 0.312 e. The fraction of sp³-hybridized carbons (Fsp3) is 0.625. The van der Waals surface area contributed by atoms with E-state index in [1.165, 1.54) is 24.3 Å². The van der Waals surface area contributed by atoms with Crippen molar-refractivity contribution in [3.05, 3.63) is 30.1 Å². The van der Waals surface area contributed by atoms with E-state index >= 15 is 0 Å². The molecule has 3 nitrogen and oxygen atoms in total. The van der Waals surface area contributed by atoms with Crippen molar-refractivity contribution in [3.63, 3.8) is 0 Å². The van der Waals surface area contributed by atoms with Crippen molar-refractivity contribution in [1.82, 2.24) is 5.32 Å². The van der Waals surface area contributed by atoms with E-state index in [2.05, 4.69) is 26.1 Å². The van der Waals surface area contributed by atoms with Crippen LogP contribution in [0.2, 0.25) is 0 Å². The summed E-state index contributed by atoms with van der Waals surface area (Å²) in [4.78, 5) is 0.217. The smallest absolute Gasteiger partial charge is 0.182 e. The lowest BCUT2D eigenvalue weighted by Crippen LogP contribution is -2.47. The number of hydrogen-bond acceptors (Lipinski definition) is 3. The van der Waals surface area contributed by atoms with E-state index in [-0.39, 0.29) is 16.4 Å². The van der Waals surface area contributed by atoms with E-state index in [4.69, 9.17) is 0 Å². The quantitative estimate of drug-likeness (QED) is 0.849. The van der Waals surface area contributed by atoms with Crippen LogP contribution in [0.1, 0.15) is 40.0 Å². The summed E-state index contributed by atoms with van der Waals surface area (Å²) < 4.78 is 38.7. The first kappa shape index (κ1) is 16.4. The van der Waals surface area contributed by atoms with Gasteiger partial charge in [0.15, 0.2) is 9.84 Å². The summed E-state index contributed by atoms with van der Waals surface area (Å²) in [5, 5.41) is 2.97. The topological polar surface area (TPSA) is 46.2 Å². The van der Waals surface area contributed by atoms with Crippen molar-refractivity contribution in [1.29, 1.82) is 0 Å². The average Bonchev–Trinajstić information content (AvgIpc) is 2.72. The van der Waals surface area contributed by atoms with Crippen LogP contribution in [-0.4, -0.2) is 26.3 Å². The highest BCUT2D eigenvalue weighted by Crippen LogP contribution is 2.42. The fourth-order valence-corrected chi connectivity index (χ4v) is 5.30. The Bertz CT molecular complexity index is 581. The molecule has 1 aliphatic rings. The Morgan fingerprint density at radius 1 is 1.29 bits per heavy atom. The molecule has 0 spiro atoms. The second-order valence-corrected chi connectivity index (χ2v) is 8.66. The summed E-state index contributed by atoms with van der Waals surface area (Å²) in [5.41, 5.74) is -0.0487. The first-order chi connectivity index (χ1) is 9.79. The Balaban J connectivity index is 2.32. The Labute approximate surface area is 126 Å². The third-order valence-electron chi connectivity index (χ3n) is 4.44. The highest BCUT2D eigenvalue weighted by atomic mass is 32.2. The first-order valence-corrected chi connectivity index (χ1v) is 9.06. The van der Waals surface area contributed by atoms with E-state index in [0.717, 1.165) is 19.4 Å². The molecule has 0 aliphatic heterocycles. The summed E-state index contributed by atoms with van der Waals surface area (Å²) in [6.45, 7) is 7.10. The molecule has 118 valence electrons. The molecule has 0 aromatic heterocycles. The van der Waals surface area contributed by atoms with Crippen LogP contribution in [0.25, 0.3) is 0 Å². The monoisotopic (exact) mass is 313 g/mol. The number of hydrogen-bond donors (Lipinski definition) is 1. The van der Waals surface area contributed by atoms with Crippen LogP contribution in [0.3, 0.4) is 0 Å². The normalized spacial score (nSPS) is 25.1. The highest BCUT2D eigenvalue weighted by Gasteiger charge is 2.47. The molecule has 5 heteroatoms. The molecule has 0 saturated heterocycles. The second-order valence-electron chi connectivity index (χ2n) is 6.50. The van der Waals surface area contributed by atoms with E-state index in [1.807, 2.05) is 0 Å². The van der Waals surface area contributed by atoms with Gasteiger partial charge in [-0.15, -0.1) is 0 Å². The summed E-state index contributed by atoms with van der Waals surface area (Å²) >= 11 is 0. The van der Waals surface area contributed by atoms with Crippen LogP contribution in [0.5, 0.6) is 0 Å². The van der Waals surface area contributed by atoms with E-state index < -0.39 is 20.9 Å². The van der Waals surface area contributed by atoms with Gasteiger partial charge < -0.3 is 5.32 Å². The van der Waals surface area contributed by atoms with Crippen molar-refractivity contribution in [2.45, 2.75) is 56.2 Å². The van der Waals surface area contributed by atoms with Gasteiger partial charge in [-0.2, -0.15) is 0 Å². The number of nitrogens with one attached hydrogen (secondary N) is 1.